The summed E-state index contributed by atoms with van der Waals surface area (Å²) in [6.45, 7) is 21.3. The molecule has 1 amide bonds. The monoisotopic (exact) mass is 493 g/mol. The molecule has 2 rings (SSSR count). The summed E-state index contributed by atoms with van der Waals surface area (Å²) < 4.78 is 12.5. The van der Waals surface area contributed by atoms with Crippen LogP contribution in [0.1, 0.15) is 66.0 Å². The first-order valence-electron chi connectivity index (χ1n) is 11.6. The minimum atomic E-state index is -2.06. The summed E-state index contributed by atoms with van der Waals surface area (Å²) in [5.41, 5.74) is 1.52. The van der Waals surface area contributed by atoms with E-state index in [1.54, 1.807) is 11.0 Å². The van der Waals surface area contributed by atoms with E-state index >= 15 is 0 Å². The fraction of sp³-hybridized carbons (Fsp3) is 0.680. The molecule has 0 aromatic heterocycles. The second kappa shape index (κ2) is 9.85. The van der Waals surface area contributed by atoms with Crippen molar-refractivity contribution in [1.82, 2.24) is 4.90 Å². The van der Waals surface area contributed by atoms with Gasteiger partial charge in [0, 0.05) is 18.3 Å². The highest BCUT2D eigenvalue weighted by molar-refractivity contribution is 6.74. The third-order valence-electron chi connectivity index (χ3n) is 6.68. The second-order valence-corrected chi connectivity index (χ2v) is 16.6. The number of nitriles is 1. The number of anilines is 1. The van der Waals surface area contributed by atoms with Crippen molar-refractivity contribution in [2.24, 2.45) is 0 Å². The lowest BCUT2D eigenvalue weighted by Crippen LogP contribution is -2.54. The van der Waals surface area contributed by atoms with Crippen LogP contribution >= 0.6 is 11.6 Å². The molecule has 8 heteroatoms. The van der Waals surface area contributed by atoms with E-state index in [-0.39, 0.29) is 29.3 Å². The lowest BCUT2D eigenvalue weighted by Gasteiger charge is -2.42. The fourth-order valence-electron chi connectivity index (χ4n) is 3.85. The van der Waals surface area contributed by atoms with Gasteiger partial charge in [0.15, 0.2) is 8.32 Å². The molecule has 1 aliphatic heterocycles. The molecular weight excluding hydrogens is 454 g/mol. The van der Waals surface area contributed by atoms with Crippen molar-refractivity contribution in [2.75, 3.05) is 11.9 Å². The normalized spacial score (nSPS) is 20.4. The van der Waals surface area contributed by atoms with Crippen LogP contribution in [0, 0.1) is 18.3 Å². The van der Waals surface area contributed by atoms with Gasteiger partial charge in [-0.1, -0.05) is 32.4 Å². The summed E-state index contributed by atoms with van der Waals surface area (Å²) in [5.74, 6) is 0. The van der Waals surface area contributed by atoms with Crippen LogP contribution in [0.15, 0.2) is 12.1 Å². The van der Waals surface area contributed by atoms with Gasteiger partial charge in [0.2, 0.25) is 0 Å². The summed E-state index contributed by atoms with van der Waals surface area (Å²) in [7, 11) is -2.06. The molecule has 184 valence electrons. The zero-order valence-electron chi connectivity index (χ0n) is 21.8. The van der Waals surface area contributed by atoms with Gasteiger partial charge in [0.25, 0.3) is 0 Å². The Hall–Kier alpha value is -1.75. The van der Waals surface area contributed by atoms with E-state index in [1.807, 2.05) is 33.8 Å². The number of carbonyl (C=O) groups is 1. The summed E-state index contributed by atoms with van der Waals surface area (Å²) in [6, 6.07) is 5.37. The minimum absolute atomic E-state index is 0.0603. The third-order valence-corrected chi connectivity index (χ3v) is 11.7. The number of nitrogens with one attached hydrogen (secondary N) is 1. The zero-order chi connectivity index (χ0) is 25.4. The van der Waals surface area contributed by atoms with Crippen LogP contribution in [0.5, 0.6) is 0 Å². The molecule has 0 saturated carbocycles. The SMILES string of the molecule is Cc1c(N[C@H](C)[C@@H]2[C@@H](O[Si](C)(C)C(C)(C)C)CCN2C(=O)OC(C)(C)C)ccc(C#N)c1Cl. The van der Waals surface area contributed by atoms with Crippen LogP contribution in [0.2, 0.25) is 23.2 Å². The Morgan fingerprint density at radius 3 is 2.39 bits per heavy atom. The number of hydrogen-bond donors (Lipinski definition) is 1. The van der Waals surface area contributed by atoms with Crippen LogP contribution in [0.25, 0.3) is 0 Å². The predicted octanol–water partition coefficient (Wildman–Crippen LogP) is 6.72. The molecule has 0 unspecified atom stereocenters. The summed E-state index contributed by atoms with van der Waals surface area (Å²) in [4.78, 5) is 14.9. The van der Waals surface area contributed by atoms with Crippen molar-refractivity contribution in [2.45, 2.75) is 104 Å². The number of carbonyl (C=O) groups excluding carboxylic acids is 1. The Morgan fingerprint density at radius 2 is 1.88 bits per heavy atom. The average molecular weight is 494 g/mol. The van der Waals surface area contributed by atoms with Crippen molar-refractivity contribution in [3.05, 3.63) is 28.3 Å². The van der Waals surface area contributed by atoms with Gasteiger partial charge >= 0.3 is 6.09 Å². The van der Waals surface area contributed by atoms with Crippen LogP contribution < -0.4 is 5.32 Å². The van der Waals surface area contributed by atoms with Gasteiger partial charge in [-0.25, -0.2) is 4.79 Å². The van der Waals surface area contributed by atoms with E-state index in [0.717, 1.165) is 17.7 Å². The Morgan fingerprint density at radius 1 is 1.27 bits per heavy atom. The van der Waals surface area contributed by atoms with Crippen LogP contribution in [0.3, 0.4) is 0 Å². The molecule has 1 aliphatic rings. The van der Waals surface area contributed by atoms with Gasteiger partial charge in [-0.2, -0.15) is 5.26 Å². The molecule has 6 nitrogen and oxygen atoms in total. The van der Waals surface area contributed by atoms with E-state index in [4.69, 9.17) is 20.8 Å². The van der Waals surface area contributed by atoms with Crippen molar-refractivity contribution in [3.63, 3.8) is 0 Å². The standard InChI is InChI=1S/C25H40ClN3O3Si/c1-16-19(12-11-18(15-27)21(16)26)28-17(2)22-20(32-33(9,10)25(6,7)8)13-14-29(22)23(30)31-24(3,4)5/h11-12,17,20,22,28H,13-14H2,1-10H3/t17-,20+,22-/m1/s1. The van der Waals surface area contributed by atoms with Crippen molar-refractivity contribution in [1.29, 1.82) is 5.26 Å². The lowest BCUT2D eigenvalue weighted by molar-refractivity contribution is 0.0146. The number of amides is 1. The first-order valence-corrected chi connectivity index (χ1v) is 14.9. The zero-order valence-corrected chi connectivity index (χ0v) is 23.6. The number of rotatable bonds is 5. The maximum absolute atomic E-state index is 13.1. The molecule has 33 heavy (non-hydrogen) atoms. The van der Waals surface area contributed by atoms with Crippen molar-refractivity contribution >= 4 is 31.7 Å². The highest BCUT2D eigenvalue weighted by Gasteiger charge is 2.47. The van der Waals surface area contributed by atoms with E-state index in [1.165, 1.54) is 0 Å². The lowest BCUT2D eigenvalue weighted by atomic mass is 10.0. The van der Waals surface area contributed by atoms with Crippen molar-refractivity contribution in [3.8, 4) is 6.07 Å². The Bertz CT molecular complexity index is 915. The number of ether oxygens (including phenoxy) is 1. The van der Waals surface area contributed by atoms with Gasteiger partial charge < -0.3 is 19.4 Å². The number of likely N-dealkylation sites (tertiary alicyclic amines) is 1. The number of nitrogens with zero attached hydrogens (tertiary/aromatic N) is 2. The van der Waals surface area contributed by atoms with Gasteiger partial charge in [-0.05, 0) is 76.9 Å². The molecule has 1 N–H and O–H groups in total. The van der Waals surface area contributed by atoms with Gasteiger partial charge in [0.1, 0.15) is 11.7 Å². The van der Waals surface area contributed by atoms with Gasteiger partial charge in [-0.3, -0.25) is 0 Å². The Kier molecular flexibility index (Phi) is 8.21. The summed E-state index contributed by atoms with van der Waals surface area (Å²) in [5, 5.41) is 13.3. The number of halogens is 1. The van der Waals surface area contributed by atoms with Gasteiger partial charge in [0.05, 0.1) is 22.7 Å². The first kappa shape index (κ1) is 27.5. The number of hydrogen-bond acceptors (Lipinski definition) is 5. The molecular formula is C25H40ClN3O3Si. The maximum Gasteiger partial charge on any atom is 0.410 e. The summed E-state index contributed by atoms with van der Waals surface area (Å²) >= 11 is 6.39. The van der Waals surface area contributed by atoms with E-state index < -0.39 is 13.9 Å². The second-order valence-electron chi connectivity index (χ2n) is 11.5. The smallest absolute Gasteiger partial charge is 0.410 e. The highest BCUT2D eigenvalue weighted by Crippen LogP contribution is 2.40. The molecule has 1 saturated heterocycles. The highest BCUT2D eigenvalue weighted by atomic mass is 35.5. The first-order chi connectivity index (χ1) is 15.0. The maximum atomic E-state index is 13.1. The Labute approximate surface area is 205 Å². The number of benzene rings is 1. The third kappa shape index (κ3) is 6.43. The predicted molar refractivity (Wildman–Crippen MR) is 137 cm³/mol. The van der Waals surface area contributed by atoms with Crippen LogP contribution in [-0.2, 0) is 9.16 Å². The largest absolute Gasteiger partial charge is 0.444 e. The average Bonchev–Trinajstić information content (AvgIpc) is 3.06. The van der Waals surface area contributed by atoms with Crippen molar-refractivity contribution < 1.29 is 14.0 Å². The molecule has 1 aromatic rings. The topological polar surface area (TPSA) is 74.6 Å². The van der Waals surface area contributed by atoms with E-state index in [2.05, 4.69) is 52.2 Å². The summed E-state index contributed by atoms with van der Waals surface area (Å²) in [6.07, 6.45) is 0.336. The molecule has 0 radical (unpaired) electrons. The Balaban J connectivity index is 2.37. The molecule has 0 bridgehead atoms. The minimum Gasteiger partial charge on any atom is -0.444 e. The molecule has 0 spiro atoms. The quantitative estimate of drug-likeness (QED) is 0.460. The molecule has 1 fully saturated rings. The van der Waals surface area contributed by atoms with Crippen LogP contribution in [0.4, 0.5) is 10.5 Å². The molecule has 1 heterocycles. The van der Waals surface area contributed by atoms with E-state index in [9.17, 15) is 10.1 Å². The fourth-order valence-corrected chi connectivity index (χ4v) is 5.43. The van der Waals surface area contributed by atoms with Crippen LogP contribution in [-0.4, -0.2) is 49.6 Å². The van der Waals surface area contributed by atoms with E-state index in [0.29, 0.717) is 17.1 Å². The molecule has 0 aliphatic carbocycles. The molecule has 1 aromatic carbocycles. The molecule has 3 atom stereocenters. The van der Waals surface area contributed by atoms with Gasteiger partial charge in [-0.15, -0.1) is 0 Å².